The van der Waals surface area contributed by atoms with Crippen LogP contribution in [0.25, 0.3) is 67.1 Å². The number of nitrogens with zero attached hydrogens (tertiary/aromatic N) is 18. The number of aryl methyl sites for hydroxylation is 6. The van der Waals surface area contributed by atoms with Crippen LogP contribution >= 0.6 is 0 Å². The fourth-order valence-corrected chi connectivity index (χ4v) is 19.2. The fourth-order valence-electron chi connectivity index (χ4n) is 19.2. The minimum absolute atomic E-state index is 0.0506. The Morgan fingerprint density at radius 1 is 0.359 bits per heavy atom. The number of carbonyl (C=O) groups is 6. The number of anilines is 2. The Labute approximate surface area is 825 Å². The number of pyridine rings is 2. The van der Waals surface area contributed by atoms with Crippen molar-refractivity contribution in [3.05, 3.63) is 349 Å². The van der Waals surface area contributed by atoms with Crippen LogP contribution in [-0.2, 0) is 32.4 Å². The molecule has 4 saturated heterocycles. The largest absolute Gasteiger partial charge is 0.489 e. The van der Waals surface area contributed by atoms with Crippen molar-refractivity contribution < 1.29 is 38.2 Å². The summed E-state index contributed by atoms with van der Waals surface area (Å²) >= 11 is 0. The number of benzene rings is 6. The normalized spacial score (nSPS) is 15.5. The topological polar surface area (TPSA) is 304 Å². The van der Waals surface area contributed by atoms with Crippen molar-refractivity contribution >= 4 is 69.1 Å². The van der Waals surface area contributed by atoms with E-state index in [4.69, 9.17) is 29.4 Å². The lowest BCUT2D eigenvalue weighted by Gasteiger charge is -2.34. The Balaban J connectivity index is 0.000000130. The summed E-state index contributed by atoms with van der Waals surface area (Å²) < 4.78 is 20.5. The number of rotatable bonds is 20. The van der Waals surface area contributed by atoms with Crippen molar-refractivity contribution in [1.29, 1.82) is 0 Å². The molecule has 10 aromatic heterocycles. The van der Waals surface area contributed by atoms with E-state index in [1.165, 1.54) is 23.3 Å². The quantitative estimate of drug-likeness (QED) is 0.0529. The van der Waals surface area contributed by atoms with Crippen molar-refractivity contribution in [3.63, 3.8) is 0 Å². The number of hydrogen-bond donors (Lipinski definition) is 2. The average Bonchev–Trinajstić information content (AvgIpc) is 1.62. The van der Waals surface area contributed by atoms with Crippen LogP contribution in [0.3, 0.4) is 0 Å². The monoisotopic (exact) mass is 1890 g/mol. The van der Waals surface area contributed by atoms with Crippen molar-refractivity contribution in [3.8, 4) is 80.2 Å². The van der Waals surface area contributed by atoms with E-state index in [1.807, 2.05) is 178 Å². The van der Waals surface area contributed by atoms with Crippen molar-refractivity contribution in [2.24, 2.45) is 0 Å². The predicted octanol–water partition coefficient (Wildman–Crippen LogP) is 20.5. The first-order chi connectivity index (χ1) is 69.2. The summed E-state index contributed by atoms with van der Waals surface area (Å²) in [5.41, 5.74) is 19.8. The van der Waals surface area contributed by atoms with E-state index in [1.54, 1.807) is 99.6 Å². The van der Waals surface area contributed by atoms with Gasteiger partial charge in [-0.15, -0.1) is 0 Å². The van der Waals surface area contributed by atoms with Gasteiger partial charge in [-0.2, -0.15) is 0 Å². The van der Waals surface area contributed by atoms with Gasteiger partial charge in [-0.3, -0.25) is 66.3 Å². The van der Waals surface area contributed by atoms with Gasteiger partial charge in [-0.1, -0.05) is 145 Å². The number of piperidine rings is 4. The van der Waals surface area contributed by atoms with Crippen LogP contribution in [0.4, 0.5) is 11.6 Å². The molecule has 4 fully saturated rings. The molecule has 4 aliphatic rings. The molecule has 716 valence electrons. The molecule has 6 aromatic carbocycles. The summed E-state index contributed by atoms with van der Waals surface area (Å²) in [5, 5.41) is 5.60. The molecule has 14 heterocycles. The highest BCUT2D eigenvalue weighted by Gasteiger charge is 2.37. The van der Waals surface area contributed by atoms with Crippen LogP contribution in [-0.4, -0.2) is 149 Å². The third-order valence-electron chi connectivity index (χ3n) is 26.0. The maximum absolute atomic E-state index is 12.8. The van der Waals surface area contributed by atoms with E-state index in [0.29, 0.717) is 62.2 Å². The van der Waals surface area contributed by atoms with Crippen molar-refractivity contribution in [1.82, 2.24) is 87.0 Å². The molecule has 0 bridgehead atoms. The van der Waals surface area contributed by atoms with Crippen molar-refractivity contribution in [2.45, 2.75) is 170 Å². The minimum Gasteiger partial charge on any atom is -0.489 e. The molecule has 4 atom stereocenters. The SMILES string of the molecule is C=CC(=O)N1CCCC[C@H]1c1nc(-c2ccc(C(=O)Nc3ccccn3)cc2)c2c(C)nccn12.C=CC(=O)N1CCCC[C@H]1c1nc(-c2cccc(OCc3cccc(C)c3)c2)c2c(C)nccn12.CC#CC(=O)N1CCCC[C@H]1c1nc(-c2ccc(C(=O)Nc3ccccn3)cc2)c2c(C)nccn12.CC#CC(=O)N1CCCC[C@H]1c1nc(-c2cccc(OCc3cccc(C)c3)c2)c2c(C)nccn12. The number of imidazole rings is 4. The zero-order valence-corrected chi connectivity index (χ0v) is 81.0. The second-order valence-electron chi connectivity index (χ2n) is 35.6. The highest BCUT2D eigenvalue weighted by Crippen LogP contribution is 2.42. The molecule has 0 aliphatic carbocycles. The number of nitrogens with one attached hydrogen (secondary N) is 2. The van der Waals surface area contributed by atoms with Gasteiger partial charge in [0, 0.05) is 122 Å². The van der Waals surface area contributed by atoms with Crippen LogP contribution in [0.1, 0.15) is 204 Å². The highest BCUT2D eigenvalue weighted by molar-refractivity contribution is 6.05. The molecule has 0 radical (unpaired) electrons. The van der Waals surface area contributed by atoms with E-state index in [2.05, 4.69) is 136 Å². The zero-order chi connectivity index (χ0) is 98.9. The van der Waals surface area contributed by atoms with Crippen LogP contribution in [0.15, 0.2) is 269 Å². The van der Waals surface area contributed by atoms with Gasteiger partial charge in [-0.05, 0) is 240 Å². The molecule has 0 saturated carbocycles. The van der Waals surface area contributed by atoms with Gasteiger partial charge in [0.25, 0.3) is 23.6 Å². The molecule has 0 unspecified atom stereocenters. The Bertz CT molecular complexity index is 7510. The lowest BCUT2D eigenvalue weighted by Crippen LogP contribution is -2.38. The molecule has 28 heteroatoms. The summed E-state index contributed by atoms with van der Waals surface area (Å²) in [5.74, 6) is 15.9. The predicted molar refractivity (Wildman–Crippen MR) is 549 cm³/mol. The van der Waals surface area contributed by atoms with E-state index >= 15 is 0 Å². The molecule has 2 N–H and O–H groups in total. The molecular weight excluding hydrogens is 1780 g/mol. The Hall–Kier alpha value is -16.9. The van der Waals surface area contributed by atoms with Gasteiger partial charge in [0.2, 0.25) is 11.8 Å². The smallest absolute Gasteiger partial charge is 0.299 e. The van der Waals surface area contributed by atoms with Crippen LogP contribution in [0.5, 0.6) is 11.5 Å². The van der Waals surface area contributed by atoms with Gasteiger partial charge in [0.05, 0.1) is 91.8 Å². The van der Waals surface area contributed by atoms with Gasteiger partial charge in [-0.25, -0.2) is 29.9 Å². The third kappa shape index (κ3) is 21.7. The lowest BCUT2D eigenvalue weighted by atomic mass is 10.0. The van der Waals surface area contributed by atoms with Crippen LogP contribution in [0.2, 0.25) is 0 Å². The Morgan fingerprint density at radius 3 is 1.00 bits per heavy atom. The number of carbonyl (C=O) groups excluding carboxylic acids is 6. The van der Waals surface area contributed by atoms with E-state index in [9.17, 15) is 28.8 Å². The lowest BCUT2D eigenvalue weighted by molar-refractivity contribution is -0.130. The molecular formula is C114H112N20O8. The summed E-state index contributed by atoms with van der Waals surface area (Å²) in [6, 6.07) is 57.6. The minimum atomic E-state index is -0.234. The number of ether oxygens (including phenoxy) is 2. The second kappa shape index (κ2) is 44.7. The van der Waals surface area contributed by atoms with Crippen LogP contribution in [0, 0.1) is 65.2 Å². The van der Waals surface area contributed by atoms with Crippen molar-refractivity contribution in [2.75, 3.05) is 36.8 Å². The first-order valence-corrected chi connectivity index (χ1v) is 48.1. The van der Waals surface area contributed by atoms with E-state index in [-0.39, 0.29) is 59.6 Å². The first-order valence-electron chi connectivity index (χ1n) is 48.1. The Morgan fingerprint density at radius 2 is 0.683 bits per heavy atom. The number of hydrogen-bond acceptors (Lipinski definition) is 18. The number of likely N-dealkylation sites (tertiary alicyclic amines) is 4. The summed E-state index contributed by atoms with van der Waals surface area (Å²) in [6.45, 7) is 26.6. The van der Waals surface area contributed by atoms with Crippen LogP contribution < -0.4 is 20.1 Å². The molecule has 0 spiro atoms. The fraction of sp³-hybridized carbons (Fsp3) is 0.263. The summed E-state index contributed by atoms with van der Waals surface area (Å²) in [7, 11) is 0. The number of amides is 6. The number of fused-ring (bicyclic) bond motifs is 4. The molecule has 16 aromatic rings. The maximum atomic E-state index is 12.8. The Kier molecular flexibility index (Phi) is 30.5. The van der Waals surface area contributed by atoms with Gasteiger partial charge < -0.3 is 39.7 Å². The highest BCUT2D eigenvalue weighted by atomic mass is 16.5. The summed E-state index contributed by atoms with van der Waals surface area (Å²) in [6.07, 6.45) is 32.2. The van der Waals surface area contributed by atoms with Gasteiger partial charge in [0.15, 0.2) is 0 Å². The molecule has 20 rings (SSSR count). The maximum Gasteiger partial charge on any atom is 0.299 e. The van der Waals surface area contributed by atoms with Gasteiger partial charge >= 0.3 is 0 Å². The number of aromatic nitrogens is 14. The van der Waals surface area contributed by atoms with E-state index < -0.39 is 0 Å². The molecule has 6 amide bonds. The molecule has 28 nitrogen and oxygen atoms in total. The van der Waals surface area contributed by atoms with E-state index in [0.717, 1.165) is 213 Å². The standard InChI is InChI=1S/C30H30N4O2.C29H30N4O2.C28H26N6O2.C27H26N6O2/c1-4-9-27(35)33-16-6-5-14-26(33)30-32-28(29-22(3)31-15-17-34(29)30)24-12-8-13-25(19-24)36-20-23-11-7-10-21(2)18-23;1-4-26(34)32-15-6-5-13-25(32)29-31-27(28-21(3)30-14-16-33(28)29)23-11-8-12-24(18-23)35-19-22-10-7-9-20(2)17-22;1-3-8-24(35)33-17-7-5-9-22(33)27-32-25(26-19(2)29-16-18-34(26)27)20-11-13-21(14-12-20)28(36)31-23-10-4-6-15-30-23;1-3-23(34)32-16-7-5-8-21(32)26-31-24(25-18(2)28-15-17-33(25)26)19-10-12-20(13-11-19)27(35)30-22-9-4-6-14-29-22/h7-8,10-13,15,17-19,26H,5-6,14,16,20H2,1-3H3;4,7-12,14,16-18,25H,1,5-6,13,15,19H2,2-3H3;4,6,10-16,18,22H,5,7,9,17H2,1-2H3,(H,30,31,36);3-4,6,9-15,17,21H,1,5,7-8,16H2,2H3,(H,29,30,35)/t26-;25-;22-;21-/m0000/s1. The zero-order valence-electron chi connectivity index (χ0n) is 81.0. The molecule has 4 aliphatic heterocycles. The van der Waals surface area contributed by atoms with Gasteiger partial charge in [0.1, 0.15) is 59.6 Å². The summed E-state index contributed by atoms with van der Waals surface area (Å²) in [4.78, 5) is 130. The first kappa shape index (κ1) is 96.8. The third-order valence-corrected chi connectivity index (χ3v) is 26.0. The second-order valence-corrected chi connectivity index (χ2v) is 35.6. The average molecular weight is 1890 g/mol. The molecule has 142 heavy (non-hydrogen) atoms.